The first kappa shape index (κ1) is 20.5. The molecule has 0 bridgehead atoms. The maximum Gasteiger partial charge on any atom is 0.433 e. The molecule has 3 aromatic rings. The molecule has 1 saturated carbocycles. The summed E-state index contributed by atoms with van der Waals surface area (Å²) in [7, 11) is 0. The first-order valence-corrected chi connectivity index (χ1v) is 9.77. The number of alkyl halides is 3. The van der Waals surface area contributed by atoms with Crippen LogP contribution in [-0.2, 0) is 24.1 Å². The van der Waals surface area contributed by atoms with E-state index in [2.05, 4.69) is 15.3 Å². The lowest BCUT2D eigenvalue weighted by Gasteiger charge is -2.10. The molecule has 2 aromatic heterocycles. The highest BCUT2D eigenvalue weighted by molar-refractivity contribution is 6.32. The standard InChI is InChI=1S/C21H19ClF3N3O2/c1-20(5-6-20)19(29)26-10-14-7-12-8-15(22)17(9-16(12)27-14)30-11-13-3-2-4-18(28-13)21(23,24)25/h2-4,7-9,27H,5-6,10-11H2,1H3,(H,26,29). The van der Waals surface area contributed by atoms with E-state index in [1.807, 2.05) is 13.0 Å². The normalized spacial score (nSPS) is 15.2. The average molecular weight is 438 g/mol. The van der Waals surface area contributed by atoms with Crippen LogP contribution in [0.3, 0.4) is 0 Å². The van der Waals surface area contributed by atoms with Gasteiger partial charge in [-0.3, -0.25) is 4.79 Å². The predicted molar refractivity (Wildman–Crippen MR) is 106 cm³/mol. The number of carbonyl (C=O) groups excluding carboxylic acids is 1. The number of pyridine rings is 1. The van der Waals surface area contributed by atoms with Gasteiger partial charge in [0.25, 0.3) is 0 Å². The number of nitrogens with one attached hydrogen (secondary N) is 2. The Morgan fingerprint density at radius 3 is 2.77 bits per heavy atom. The van der Waals surface area contributed by atoms with Crippen molar-refractivity contribution in [2.45, 2.75) is 39.1 Å². The second-order valence-electron chi connectivity index (χ2n) is 7.71. The van der Waals surface area contributed by atoms with E-state index in [9.17, 15) is 18.0 Å². The van der Waals surface area contributed by atoms with E-state index in [-0.39, 0.29) is 23.6 Å². The van der Waals surface area contributed by atoms with Crippen LogP contribution >= 0.6 is 11.6 Å². The fraction of sp³-hybridized carbons (Fsp3) is 0.333. The topological polar surface area (TPSA) is 67.0 Å². The van der Waals surface area contributed by atoms with E-state index in [4.69, 9.17) is 16.3 Å². The third-order valence-electron chi connectivity index (χ3n) is 5.19. The Balaban J connectivity index is 1.45. The number of hydrogen-bond donors (Lipinski definition) is 2. The first-order chi connectivity index (χ1) is 14.1. The molecule has 1 fully saturated rings. The zero-order valence-electron chi connectivity index (χ0n) is 16.1. The number of aromatic nitrogens is 2. The lowest BCUT2D eigenvalue weighted by molar-refractivity contribution is -0.141. The van der Waals surface area contributed by atoms with Gasteiger partial charge in [-0.25, -0.2) is 4.98 Å². The van der Waals surface area contributed by atoms with E-state index in [1.54, 1.807) is 12.1 Å². The maximum atomic E-state index is 12.8. The van der Waals surface area contributed by atoms with Crippen LogP contribution in [0.1, 0.15) is 36.8 Å². The molecule has 158 valence electrons. The summed E-state index contributed by atoms with van der Waals surface area (Å²) in [6, 6.07) is 8.92. The summed E-state index contributed by atoms with van der Waals surface area (Å²) in [5.74, 6) is 0.364. The van der Waals surface area contributed by atoms with Crippen molar-refractivity contribution in [2.75, 3.05) is 0 Å². The molecule has 1 aliphatic carbocycles. The van der Waals surface area contributed by atoms with Gasteiger partial charge in [0.1, 0.15) is 18.1 Å². The Kier molecular flexibility index (Phi) is 5.13. The van der Waals surface area contributed by atoms with E-state index in [1.165, 1.54) is 12.1 Å². The van der Waals surface area contributed by atoms with Crippen molar-refractivity contribution >= 4 is 28.4 Å². The van der Waals surface area contributed by atoms with Crippen molar-refractivity contribution in [1.82, 2.24) is 15.3 Å². The van der Waals surface area contributed by atoms with Gasteiger partial charge in [-0.15, -0.1) is 0 Å². The number of carbonyl (C=O) groups is 1. The van der Waals surface area contributed by atoms with Crippen LogP contribution in [0, 0.1) is 5.41 Å². The summed E-state index contributed by atoms with van der Waals surface area (Å²) in [4.78, 5) is 18.9. The Labute approximate surface area is 175 Å². The quantitative estimate of drug-likeness (QED) is 0.555. The molecule has 5 nitrogen and oxygen atoms in total. The molecule has 1 aliphatic rings. The van der Waals surface area contributed by atoms with Gasteiger partial charge >= 0.3 is 6.18 Å². The molecule has 0 unspecified atom stereocenters. The SMILES string of the molecule is CC1(C(=O)NCc2cc3cc(Cl)c(OCc4cccc(C(F)(F)F)n4)cc3[nH]2)CC1. The third kappa shape index (κ3) is 4.38. The largest absolute Gasteiger partial charge is 0.486 e. The molecule has 0 saturated heterocycles. The Morgan fingerprint density at radius 1 is 1.30 bits per heavy atom. The third-order valence-corrected chi connectivity index (χ3v) is 5.48. The summed E-state index contributed by atoms with van der Waals surface area (Å²) in [6.07, 6.45) is -2.70. The van der Waals surface area contributed by atoms with Crippen LogP contribution in [0.15, 0.2) is 36.4 Å². The number of H-pyrrole nitrogens is 1. The summed E-state index contributed by atoms with van der Waals surface area (Å²) >= 11 is 6.27. The van der Waals surface area contributed by atoms with Crippen LogP contribution in [0.5, 0.6) is 5.75 Å². The van der Waals surface area contributed by atoms with Gasteiger partial charge in [0, 0.05) is 28.1 Å². The molecular weight excluding hydrogens is 419 g/mol. The van der Waals surface area contributed by atoms with Crippen LogP contribution in [0.25, 0.3) is 10.9 Å². The average Bonchev–Trinajstić information content (AvgIpc) is 3.32. The van der Waals surface area contributed by atoms with E-state index in [0.717, 1.165) is 35.5 Å². The molecule has 0 atom stereocenters. The number of amides is 1. The molecule has 2 heterocycles. The number of benzene rings is 1. The van der Waals surface area contributed by atoms with Crippen molar-refractivity contribution in [1.29, 1.82) is 0 Å². The van der Waals surface area contributed by atoms with Crippen LogP contribution in [0.4, 0.5) is 13.2 Å². The molecule has 0 aliphatic heterocycles. The fourth-order valence-electron chi connectivity index (χ4n) is 3.07. The van der Waals surface area contributed by atoms with Gasteiger partial charge in [0.15, 0.2) is 0 Å². The minimum Gasteiger partial charge on any atom is -0.486 e. The van der Waals surface area contributed by atoms with E-state index in [0.29, 0.717) is 17.3 Å². The molecule has 4 rings (SSSR count). The molecule has 30 heavy (non-hydrogen) atoms. The highest BCUT2D eigenvalue weighted by Crippen LogP contribution is 2.45. The van der Waals surface area contributed by atoms with Crippen molar-refractivity contribution in [3.8, 4) is 5.75 Å². The van der Waals surface area contributed by atoms with Gasteiger partial charge in [-0.05, 0) is 37.1 Å². The molecule has 1 amide bonds. The summed E-state index contributed by atoms with van der Waals surface area (Å²) in [5.41, 5.74) is 0.489. The lowest BCUT2D eigenvalue weighted by atomic mass is 10.1. The number of nitrogens with zero attached hydrogens (tertiary/aromatic N) is 1. The smallest absolute Gasteiger partial charge is 0.433 e. The zero-order valence-corrected chi connectivity index (χ0v) is 16.8. The highest BCUT2D eigenvalue weighted by Gasteiger charge is 2.44. The Hall–Kier alpha value is -2.74. The van der Waals surface area contributed by atoms with Crippen molar-refractivity contribution in [2.24, 2.45) is 5.41 Å². The number of halogens is 4. The molecule has 1 aromatic carbocycles. The van der Waals surface area contributed by atoms with Crippen LogP contribution in [0.2, 0.25) is 5.02 Å². The minimum absolute atomic E-state index is 0.0387. The van der Waals surface area contributed by atoms with E-state index >= 15 is 0 Å². The summed E-state index contributed by atoms with van der Waals surface area (Å²) in [5, 5.41) is 4.09. The Morgan fingerprint density at radius 2 is 2.07 bits per heavy atom. The van der Waals surface area contributed by atoms with Gasteiger partial charge < -0.3 is 15.0 Å². The highest BCUT2D eigenvalue weighted by atomic mass is 35.5. The van der Waals surface area contributed by atoms with Crippen molar-refractivity contribution in [3.05, 3.63) is 58.5 Å². The number of aromatic amines is 1. The van der Waals surface area contributed by atoms with Crippen LogP contribution in [-0.4, -0.2) is 15.9 Å². The van der Waals surface area contributed by atoms with Gasteiger partial charge in [0.2, 0.25) is 5.91 Å². The molecule has 9 heteroatoms. The maximum absolute atomic E-state index is 12.8. The Bertz CT molecular complexity index is 1110. The second-order valence-corrected chi connectivity index (χ2v) is 8.12. The molecule has 2 N–H and O–H groups in total. The molecule has 0 spiro atoms. The van der Waals surface area contributed by atoms with Crippen molar-refractivity contribution in [3.63, 3.8) is 0 Å². The summed E-state index contributed by atoms with van der Waals surface area (Å²) in [6.45, 7) is 2.15. The fourth-order valence-corrected chi connectivity index (χ4v) is 3.30. The monoisotopic (exact) mass is 437 g/mol. The van der Waals surface area contributed by atoms with E-state index < -0.39 is 11.9 Å². The molecular formula is C21H19ClF3N3O2. The summed E-state index contributed by atoms with van der Waals surface area (Å²) < 4.78 is 44.0. The van der Waals surface area contributed by atoms with Crippen LogP contribution < -0.4 is 10.1 Å². The first-order valence-electron chi connectivity index (χ1n) is 9.39. The van der Waals surface area contributed by atoms with Gasteiger partial charge in [0.05, 0.1) is 17.3 Å². The van der Waals surface area contributed by atoms with Gasteiger partial charge in [-0.2, -0.15) is 13.2 Å². The second kappa shape index (κ2) is 7.50. The number of hydrogen-bond acceptors (Lipinski definition) is 3. The minimum atomic E-state index is -4.51. The number of fused-ring (bicyclic) bond motifs is 1. The number of rotatable bonds is 6. The van der Waals surface area contributed by atoms with Gasteiger partial charge in [-0.1, -0.05) is 24.6 Å². The predicted octanol–water partition coefficient (Wildman–Crippen LogP) is 5.23. The zero-order chi connectivity index (χ0) is 21.5. The van der Waals surface area contributed by atoms with Crippen molar-refractivity contribution < 1.29 is 22.7 Å². The lowest BCUT2D eigenvalue weighted by Crippen LogP contribution is -2.29. The molecule has 0 radical (unpaired) electrons. The number of ether oxygens (including phenoxy) is 1.